The number of aryl methyl sites for hydroxylation is 1. The average Bonchev–Trinajstić information content (AvgIpc) is 3.17. The lowest BCUT2D eigenvalue weighted by Crippen LogP contribution is -2.15. The van der Waals surface area contributed by atoms with Crippen LogP contribution >= 0.6 is 0 Å². The molecule has 1 unspecified atom stereocenters. The van der Waals surface area contributed by atoms with E-state index in [9.17, 15) is 9.90 Å². The Labute approximate surface area is 164 Å². The molecule has 0 aliphatic rings. The van der Waals surface area contributed by atoms with E-state index in [1.807, 2.05) is 48.5 Å². The number of hydrogen-bond acceptors (Lipinski definition) is 4. The van der Waals surface area contributed by atoms with E-state index in [1.54, 1.807) is 10.8 Å². The van der Waals surface area contributed by atoms with E-state index in [0.717, 1.165) is 29.7 Å². The fraction of sp³-hybridized carbons (Fsp3) is 0.273. The number of hydrogen-bond donors (Lipinski definition) is 2. The van der Waals surface area contributed by atoms with Crippen LogP contribution in [0.15, 0.2) is 67.1 Å². The van der Waals surface area contributed by atoms with Gasteiger partial charge in [-0.1, -0.05) is 48.5 Å². The van der Waals surface area contributed by atoms with Crippen molar-refractivity contribution >= 4 is 5.91 Å². The Morgan fingerprint density at radius 2 is 1.89 bits per heavy atom. The first-order valence-electron chi connectivity index (χ1n) is 9.36. The van der Waals surface area contributed by atoms with Crippen molar-refractivity contribution in [2.75, 3.05) is 0 Å². The number of nitrogens with two attached hydrogens (primary N) is 1. The summed E-state index contributed by atoms with van der Waals surface area (Å²) >= 11 is 0. The quantitative estimate of drug-likeness (QED) is 0.567. The highest BCUT2D eigenvalue weighted by Crippen LogP contribution is 2.22. The maximum atomic E-state index is 11.1. The maximum Gasteiger partial charge on any atom is 0.268 e. The molecule has 2 aromatic carbocycles. The van der Waals surface area contributed by atoms with Crippen LogP contribution in [-0.2, 0) is 19.6 Å². The summed E-state index contributed by atoms with van der Waals surface area (Å²) in [6, 6.07) is 18.1. The molecule has 3 rings (SSSR count). The molecule has 1 atom stereocenters. The number of nitrogens with zero attached hydrogens (tertiary/aromatic N) is 2. The van der Waals surface area contributed by atoms with Gasteiger partial charge in [-0.2, -0.15) is 0 Å². The third-order valence-electron chi connectivity index (χ3n) is 4.50. The monoisotopic (exact) mass is 379 g/mol. The molecule has 0 aliphatic heterocycles. The van der Waals surface area contributed by atoms with Gasteiger partial charge in [-0.05, 0) is 36.5 Å². The van der Waals surface area contributed by atoms with Crippen molar-refractivity contribution in [3.63, 3.8) is 0 Å². The Bertz CT molecular complexity index is 893. The summed E-state index contributed by atoms with van der Waals surface area (Å²) in [7, 11) is 0. The molecule has 28 heavy (non-hydrogen) atoms. The van der Waals surface area contributed by atoms with E-state index in [1.165, 1.54) is 6.33 Å². The number of carbonyl (C=O) groups is 1. The number of ether oxygens (including phenoxy) is 1. The molecule has 1 aromatic heterocycles. The predicted octanol–water partition coefficient (Wildman–Crippen LogP) is 2.94. The lowest BCUT2D eigenvalue weighted by molar-refractivity contribution is 0.0995. The molecule has 0 aliphatic carbocycles. The van der Waals surface area contributed by atoms with Crippen molar-refractivity contribution in [2.45, 2.75) is 38.5 Å². The normalized spacial score (nSPS) is 11.9. The second-order valence-corrected chi connectivity index (χ2v) is 6.75. The molecule has 0 spiro atoms. The number of aliphatic hydroxyl groups excluding tert-OH is 1. The second kappa shape index (κ2) is 9.71. The number of aromatic nitrogens is 2. The van der Waals surface area contributed by atoms with Gasteiger partial charge >= 0.3 is 0 Å². The third kappa shape index (κ3) is 5.69. The minimum Gasteiger partial charge on any atom is -0.489 e. The van der Waals surface area contributed by atoms with Crippen LogP contribution in [0.3, 0.4) is 0 Å². The van der Waals surface area contributed by atoms with Crippen molar-refractivity contribution in [1.29, 1.82) is 0 Å². The number of imidazole rings is 1. The van der Waals surface area contributed by atoms with Crippen LogP contribution in [0.4, 0.5) is 0 Å². The van der Waals surface area contributed by atoms with Crippen LogP contribution in [0.2, 0.25) is 0 Å². The van der Waals surface area contributed by atoms with Crippen LogP contribution in [0.1, 0.15) is 34.5 Å². The van der Waals surface area contributed by atoms with Crippen molar-refractivity contribution in [3.05, 3.63) is 83.9 Å². The molecular weight excluding hydrogens is 354 g/mol. The zero-order valence-electron chi connectivity index (χ0n) is 15.7. The summed E-state index contributed by atoms with van der Waals surface area (Å²) in [5.74, 6) is 0.307. The van der Waals surface area contributed by atoms with Crippen molar-refractivity contribution in [3.8, 4) is 5.75 Å². The van der Waals surface area contributed by atoms with Gasteiger partial charge in [0.1, 0.15) is 18.1 Å². The summed E-state index contributed by atoms with van der Waals surface area (Å²) in [5, 5.41) is 10.3. The van der Waals surface area contributed by atoms with Crippen LogP contribution < -0.4 is 10.5 Å². The molecule has 0 radical (unpaired) electrons. The number of para-hydroxylation sites is 1. The molecule has 146 valence electrons. The van der Waals surface area contributed by atoms with E-state index >= 15 is 0 Å². The van der Waals surface area contributed by atoms with Gasteiger partial charge < -0.3 is 20.1 Å². The van der Waals surface area contributed by atoms with Gasteiger partial charge in [0, 0.05) is 12.7 Å². The molecule has 0 saturated carbocycles. The first-order valence-corrected chi connectivity index (χ1v) is 9.36. The molecule has 0 saturated heterocycles. The molecule has 3 N–H and O–H groups in total. The summed E-state index contributed by atoms with van der Waals surface area (Å²) in [6.45, 7) is 0.912. The van der Waals surface area contributed by atoms with E-state index in [4.69, 9.17) is 10.5 Å². The Morgan fingerprint density at radius 3 is 2.64 bits per heavy atom. The van der Waals surface area contributed by atoms with Gasteiger partial charge in [-0.15, -0.1) is 0 Å². The van der Waals surface area contributed by atoms with Gasteiger partial charge in [0.15, 0.2) is 0 Å². The largest absolute Gasteiger partial charge is 0.489 e. The fourth-order valence-corrected chi connectivity index (χ4v) is 3.04. The first kappa shape index (κ1) is 19.6. The molecule has 0 fully saturated rings. The highest BCUT2D eigenvalue weighted by Gasteiger charge is 2.10. The number of carbonyl (C=O) groups excluding carboxylic acids is 1. The molecule has 6 nitrogen and oxygen atoms in total. The van der Waals surface area contributed by atoms with Crippen molar-refractivity contribution < 1.29 is 14.6 Å². The smallest absolute Gasteiger partial charge is 0.268 e. The van der Waals surface area contributed by atoms with Crippen molar-refractivity contribution in [2.24, 2.45) is 5.73 Å². The summed E-state index contributed by atoms with van der Waals surface area (Å²) < 4.78 is 7.67. The van der Waals surface area contributed by atoms with E-state index in [2.05, 4.69) is 11.1 Å². The summed E-state index contributed by atoms with van der Waals surface area (Å²) in [6.07, 6.45) is 4.82. The van der Waals surface area contributed by atoms with Crippen LogP contribution in [-0.4, -0.2) is 26.7 Å². The number of rotatable bonds is 10. The molecule has 3 aromatic rings. The van der Waals surface area contributed by atoms with Crippen LogP contribution in [0.25, 0.3) is 0 Å². The third-order valence-corrected chi connectivity index (χ3v) is 4.50. The lowest BCUT2D eigenvalue weighted by atomic mass is 10.0. The topological polar surface area (TPSA) is 90.4 Å². The number of benzene rings is 2. The number of amides is 1. The van der Waals surface area contributed by atoms with Gasteiger partial charge in [-0.3, -0.25) is 4.79 Å². The van der Waals surface area contributed by atoms with Crippen LogP contribution in [0, 0.1) is 0 Å². The predicted molar refractivity (Wildman–Crippen MR) is 107 cm³/mol. The van der Waals surface area contributed by atoms with E-state index in [-0.39, 0.29) is 5.69 Å². The number of aliphatic hydroxyl groups is 1. The minimum atomic E-state index is -0.569. The van der Waals surface area contributed by atoms with Gasteiger partial charge in [0.25, 0.3) is 5.91 Å². The Kier molecular flexibility index (Phi) is 6.81. The van der Waals surface area contributed by atoms with E-state index < -0.39 is 12.0 Å². The summed E-state index contributed by atoms with van der Waals surface area (Å²) in [5.41, 5.74) is 7.65. The molecule has 1 amide bonds. The summed E-state index contributed by atoms with van der Waals surface area (Å²) in [4.78, 5) is 15.0. The zero-order valence-corrected chi connectivity index (χ0v) is 15.7. The molecule has 1 heterocycles. The van der Waals surface area contributed by atoms with Crippen LogP contribution in [0.5, 0.6) is 5.75 Å². The standard InChI is InChI=1S/C22H25N3O3/c23-22(27)20-14-25(16-24-20)13-19(26)11-6-10-18-9-4-5-12-21(18)28-15-17-7-2-1-3-8-17/h1-5,7-9,12,14,16,19,26H,6,10-11,13,15H2,(H2,23,27). The Morgan fingerprint density at radius 1 is 1.14 bits per heavy atom. The zero-order chi connectivity index (χ0) is 19.8. The van der Waals surface area contributed by atoms with Gasteiger partial charge in [0.2, 0.25) is 0 Å². The molecule has 6 heteroatoms. The average molecular weight is 379 g/mol. The van der Waals surface area contributed by atoms with Gasteiger partial charge in [0.05, 0.1) is 12.4 Å². The fourth-order valence-electron chi connectivity index (χ4n) is 3.04. The van der Waals surface area contributed by atoms with Gasteiger partial charge in [-0.25, -0.2) is 4.98 Å². The Balaban J connectivity index is 1.48. The highest BCUT2D eigenvalue weighted by atomic mass is 16.5. The van der Waals surface area contributed by atoms with E-state index in [0.29, 0.717) is 19.6 Å². The molecular formula is C22H25N3O3. The van der Waals surface area contributed by atoms with Crippen molar-refractivity contribution in [1.82, 2.24) is 9.55 Å². The highest BCUT2D eigenvalue weighted by molar-refractivity contribution is 5.90. The first-order chi connectivity index (χ1) is 13.6. The maximum absolute atomic E-state index is 11.1. The Hall–Kier alpha value is -3.12. The number of primary amides is 1. The lowest BCUT2D eigenvalue weighted by Gasteiger charge is -2.13. The SMILES string of the molecule is NC(=O)c1cn(CC(O)CCCc2ccccc2OCc2ccccc2)cn1. The minimum absolute atomic E-state index is 0.205. The second-order valence-electron chi connectivity index (χ2n) is 6.75. The molecule has 0 bridgehead atoms.